The number of carbonyl (C=O) groups is 1. The van der Waals surface area contributed by atoms with Crippen molar-refractivity contribution in [1.82, 2.24) is 10.6 Å². The lowest BCUT2D eigenvalue weighted by Gasteiger charge is -2.32. The second-order valence-corrected chi connectivity index (χ2v) is 6.46. The zero-order valence-electron chi connectivity index (χ0n) is 12.9. The highest BCUT2D eigenvalue weighted by Crippen LogP contribution is 2.41. The topological polar surface area (TPSA) is 41.1 Å². The lowest BCUT2D eigenvalue weighted by atomic mass is 9.78. The Hall–Kier alpha value is -1.56. The van der Waals surface area contributed by atoms with Crippen LogP contribution in [0.5, 0.6) is 0 Å². The number of amides is 1. The van der Waals surface area contributed by atoms with Crippen LogP contribution in [-0.2, 0) is 24.4 Å². The third-order valence-corrected chi connectivity index (χ3v) is 4.89. The van der Waals surface area contributed by atoms with Gasteiger partial charge in [-0.05, 0) is 29.5 Å². The molecule has 1 aromatic rings. The highest BCUT2D eigenvalue weighted by molar-refractivity contribution is 5.79. The fraction of sp³-hybridized carbons (Fsp3) is 0.588. The van der Waals surface area contributed by atoms with Gasteiger partial charge in [0, 0.05) is 25.6 Å². The van der Waals surface area contributed by atoms with Crippen molar-refractivity contribution in [3.8, 4) is 0 Å². The number of nitrogens with one attached hydrogen (secondary N) is 2. The molecule has 1 aromatic carbocycles. The summed E-state index contributed by atoms with van der Waals surface area (Å²) in [5.41, 5.74) is 3.37. The van der Waals surface area contributed by atoms with Crippen molar-refractivity contribution in [3.63, 3.8) is 0 Å². The lowest BCUT2D eigenvalue weighted by Crippen LogP contribution is -2.42. The molecule has 1 aliphatic heterocycles. The maximum atomic E-state index is 13.1. The summed E-state index contributed by atoms with van der Waals surface area (Å²) in [6, 6.07) is 5.95. The fourth-order valence-electron chi connectivity index (χ4n) is 3.61. The minimum atomic E-state index is -4.29. The van der Waals surface area contributed by atoms with Gasteiger partial charge in [-0.1, -0.05) is 31.0 Å². The van der Waals surface area contributed by atoms with Crippen molar-refractivity contribution in [1.29, 1.82) is 0 Å². The lowest BCUT2D eigenvalue weighted by molar-refractivity contribution is -0.198. The van der Waals surface area contributed by atoms with E-state index in [1.54, 1.807) is 0 Å². The van der Waals surface area contributed by atoms with Crippen molar-refractivity contribution in [3.05, 3.63) is 34.9 Å². The van der Waals surface area contributed by atoms with Gasteiger partial charge >= 0.3 is 6.18 Å². The van der Waals surface area contributed by atoms with E-state index in [0.29, 0.717) is 19.3 Å². The van der Waals surface area contributed by atoms with E-state index < -0.39 is 23.9 Å². The van der Waals surface area contributed by atoms with Crippen LogP contribution < -0.4 is 10.6 Å². The van der Waals surface area contributed by atoms with E-state index in [-0.39, 0.29) is 13.0 Å². The summed E-state index contributed by atoms with van der Waals surface area (Å²) in [6.07, 6.45) is -2.67. The highest BCUT2D eigenvalue weighted by atomic mass is 19.4. The second kappa shape index (κ2) is 6.51. The van der Waals surface area contributed by atoms with Gasteiger partial charge < -0.3 is 10.6 Å². The molecule has 0 spiro atoms. The van der Waals surface area contributed by atoms with Gasteiger partial charge in [0.15, 0.2) is 0 Å². The highest BCUT2D eigenvalue weighted by Gasteiger charge is 2.47. The van der Waals surface area contributed by atoms with E-state index in [1.807, 2.05) is 18.2 Å². The molecule has 1 fully saturated rings. The van der Waals surface area contributed by atoms with Gasteiger partial charge in [-0.2, -0.15) is 13.2 Å². The second-order valence-electron chi connectivity index (χ2n) is 6.46. The number of carbonyl (C=O) groups excluding carboxylic acids is 1. The zero-order chi connectivity index (χ0) is 16.4. The van der Waals surface area contributed by atoms with Gasteiger partial charge in [-0.3, -0.25) is 4.79 Å². The van der Waals surface area contributed by atoms with E-state index in [0.717, 1.165) is 18.7 Å². The number of alkyl halides is 3. The fourth-order valence-corrected chi connectivity index (χ4v) is 3.61. The minimum absolute atomic E-state index is 0.0616. The molecule has 6 heteroatoms. The standard InChI is InChI=1S/C17H21F3N2O/c18-17(19,20)15-4-2-1-3-14(15)16(23)22-8-11-5-6-12-9-21-10-13(12)7-11/h5-7,14-15,21H,1-4,8-10H2,(H,22,23). The molecule has 2 atom stereocenters. The summed E-state index contributed by atoms with van der Waals surface area (Å²) in [5.74, 6) is -2.91. The number of rotatable bonds is 3. The maximum Gasteiger partial charge on any atom is 0.392 e. The first-order valence-corrected chi connectivity index (χ1v) is 8.11. The Balaban J connectivity index is 1.62. The molecule has 1 amide bonds. The van der Waals surface area contributed by atoms with Crippen LogP contribution in [0.2, 0.25) is 0 Å². The van der Waals surface area contributed by atoms with E-state index in [9.17, 15) is 18.0 Å². The van der Waals surface area contributed by atoms with Crippen molar-refractivity contribution in [2.75, 3.05) is 0 Å². The van der Waals surface area contributed by atoms with E-state index in [2.05, 4.69) is 10.6 Å². The molecule has 1 heterocycles. The van der Waals surface area contributed by atoms with Crippen molar-refractivity contribution in [2.24, 2.45) is 11.8 Å². The number of fused-ring (bicyclic) bond motifs is 1. The van der Waals surface area contributed by atoms with Crippen LogP contribution in [0.1, 0.15) is 42.4 Å². The predicted molar refractivity (Wildman–Crippen MR) is 80.3 cm³/mol. The van der Waals surface area contributed by atoms with Gasteiger partial charge in [0.05, 0.1) is 5.92 Å². The quantitative estimate of drug-likeness (QED) is 0.895. The Bertz CT molecular complexity index is 586. The van der Waals surface area contributed by atoms with Crippen LogP contribution in [0.3, 0.4) is 0 Å². The van der Waals surface area contributed by atoms with Crippen LogP contribution >= 0.6 is 0 Å². The van der Waals surface area contributed by atoms with Crippen molar-refractivity contribution < 1.29 is 18.0 Å². The Morgan fingerprint density at radius 3 is 2.70 bits per heavy atom. The van der Waals surface area contributed by atoms with Crippen LogP contribution in [0.15, 0.2) is 18.2 Å². The molecule has 2 aliphatic rings. The van der Waals surface area contributed by atoms with Crippen molar-refractivity contribution in [2.45, 2.75) is 51.5 Å². The van der Waals surface area contributed by atoms with E-state index in [4.69, 9.17) is 0 Å². The van der Waals surface area contributed by atoms with Crippen LogP contribution in [0.25, 0.3) is 0 Å². The summed E-state index contributed by atoms with van der Waals surface area (Å²) in [7, 11) is 0. The first kappa shape index (κ1) is 16.3. The number of hydrogen-bond donors (Lipinski definition) is 2. The molecule has 0 radical (unpaired) electrons. The minimum Gasteiger partial charge on any atom is -0.352 e. The molecule has 0 aromatic heterocycles. The average Bonchev–Trinajstić information content (AvgIpc) is 2.99. The van der Waals surface area contributed by atoms with Gasteiger partial charge in [-0.25, -0.2) is 0 Å². The Labute approximate surface area is 133 Å². The number of benzene rings is 1. The molecule has 2 N–H and O–H groups in total. The van der Waals surface area contributed by atoms with Gasteiger partial charge in [0.1, 0.15) is 0 Å². The first-order valence-electron chi connectivity index (χ1n) is 8.11. The SMILES string of the molecule is O=C(NCc1ccc2c(c1)CNC2)C1CCCCC1C(F)(F)F. The normalized spacial score (nSPS) is 24.3. The largest absolute Gasteiger partial charge is 0.392 e. The molecule has 0 saturated heterocycles. The molecule has 1 aliphatic carbocycles. The Morgan fingerprint density at radius 1 is 1.17 bits per heavy atom. The number of hydrogen-bond acceptors (Lipinski definition) is 2. The van der Waals surface area contributed by atoms with Crippen LogP contribution in [-0.4, -0.2) is 12.1 Å². The van der Waals surface area contributed by atoms with E-state index >= 15 is 0 Å². The molecule has 2 unspecified atom stereocenters. The van der Waals surface area contributed by atoms with Crippen LogP contribution in [0, 0.1) is 11.8 Å². The third kappa shape index (κ3) is 3.68. The zero-order valence-corrected chi connectivity index (χ0v) is 12.9. The molecule has 126 valence electrons. The maximum absolute atomic E-state index is 13.1. The van der Waals surface area contributed by atoms with E-state index in [1.165, 1.54) is 11.1 Å². The number of halogens is 3. The smallest absolute Gasteiger partial charge is 0.352 e. The molecule has 3 rings (SSSR count). The van der Waals surface area contributed by atoms with Crippen molar-refractivity contribution >= 4 is 5.91 Å². The van der Waals surface area contributed by atoms with Gasteiger partial charge in [-0.15, -0.1) is 0 Å². The predicted octanol–water partition coefficient (Wildman–Crippen LogP) is 3.27. The van der Waals surface area contributed by atoms with Gasteiger partial charge in [0.25, 0.3) is 0 Å². The molecule has 23 heavy (non-hydrogen) atoms. The van der Waals surface area contributed by atoms with Crippen LogP contribution in [0.4, 0.5) is 13.2 Å². The molecule has 3 nitrogen and oxygen atoms in total. The monoisotopic (exact) mass is 326 g/mol. The summed E-state index contributed by atoms with van der Waals surface area (Å²) in [6.45, 7) is 1.93. The third-order valence-electron chi connectivity index (χ3n) is 4.89. The summed E-state index contributed by atoms with van der Waals surface area (Å²) >= 11 is 0. The Morgan fingerprint density at radius 2 is 1.91 bits per heavy atom. The summed E-state index contributed by atoms with van der Waals surface area (Å²) in [4.78, 5) is 12.2. The molecule has 0 bridgehead atoms. The van der Waals surface area contributed by atoms with Gasteiger partial charge in [0.2, 0.25) is 5.91 Å². The molecular formula is C17H21F3N2O. The molecule has 1 saturated carbocycles. The molecular weight excluding hydrogens is 305 g/mol. The first-order chi connectivity index (χ1) is 10.9. The summed E-state index contributed by atoms with van der Waals surface area (Å²) < 4.78 is 39.2. The average molecular weight is 326 g/mol. The summed E-state index contributed by atoms with van der Waals surface area (Å²) in [5, 5.41) is 5.94. The Kier molecular flexibility index (Phi) is 4.62.